The van der Waals surface area contributed by atoms with Gasteiger partial charge in [-0.05, 0) is 102 Å². The van der Waals surface area contributed by atoms with Crippen LogP contribution in [0.25, 0.3) is 88.9 Å². The molecule has 11 rings (SSSR count). The zero-order valence-electron chi connectivity index (χ0n) is 31.2. The third-order valence-electron chi connectivity index (χ3n) is 10.7. The van der Waals surface area contributed by atoms with E-state index in [0.717, 1.165) is 100 Å². The number of pyridine rings is 3. The maximum absolute atomic E-state index is 6.11. The van der Waals surface area contributed by atoms with Gasteiger partial charge in [0.05, 0.1) is 28.1 Å². The lowest BCUT2D eigenvalue weighted by Crippen LogP contribution is -2.10. The summed E-state index contributed by atoms with van der Waals surface area (Å²) in [6, 6.07) is 67.0. The van der Waals surface area contributed by atoms with E-state index in [-0.39, 0.29) is 0 Å². The van der Waals surface area contributed by atoms with Crippen molar-refractivity contribution >= 4 is 60.7 Å². The third-order valence-corrected chi connectivity index (χ3v) is 10.7. The zero-order valence-corrected chi connectivity index (χ0v) is 31.2. The molecular weight excluding hydrogens is 711 g/mol. The smallest absolute Gasteiger partial charge is 0.227 e. The van der Waals surface area contributed by atoms with Crippen molar-refractivity contribution in [1.29, 1.82) is 0 Å². The molecule has 0 saturated carbocycles. The first-order chi connectivity index (χ1) is 28.7. The van der Waals surface area contributed by atoms with Crippen LogP contribution in [0, 0.1) is 0 Å². The monoisotopic (exact) mass is 743 g/mol. The average Bonchev–Trinajstić information content (AvgIpc) is 3.74. The summed E-state index contributed by atoms with van der Waals surface area (Å²) in [6.45, 7) is 0. The van der Waals surface area contributed by atoms with Crippen LogP contribution in [0.4, 0.5) is 17.1 Å². The molecule has 11 aromatic rings. The van der Waals surface area contributed by atoms with Crippen LogP contribution in [0.5, 0.6) is 0 Å². The van der Waals surface area contributed by atoms with E-state index >= 15 is 0 Å². The third kappa shape index (κ3) is 6.10. The quantitative estimate of drug-likeness (QED) is 0.162. The molecule has 0 aliphatic rings. The van der Waals surface area contributed by atoms with E-state index in [1.54, 1.807) is 0 Å². The molecule has 0 spiro atoms. The summed E-state index contributed by atoms with van der Waals surface area (Å²) >= 11 is 0. The number of oxazole rings is 1. The van der Waals surface area contributed by atoms with Gasteiger partial charge in [-0.25, -0.2) is 15.0 Å². The molecular formula is C52H33N5O. The second kappa shape index (κ2) is 14.0. The van der Waals surface area contributed by atoms with Gasteiger partial charge in [-0.1, -0.05) is 103 Å². The topological polar surface area (TPSA) is 67.9 Å². The predicted octanol–water partition coefficient (Wildman–Crippen LogP) is 13.6. The minimum Gasteiger partial charge on any atom is -0.436 e. The Labute approximate surface area is 334 Å². The summed E-state index contributed by atoms with van der Waals surface area (Å²) in [4.78, 5) is 21.9. The first-order valence-electron chi connectivity index (χ1n) is 19.3. The van der Waals surface area contributed by atoms with Gasteiger partial charge in [0, 0.05) is 56.3 Å². The van der Waals surface area contributed by atoms with Crippen LogP contribution in [0.3, 0.4) is 0 Å². The van der Waals surface area contributed by atoms with Gasteiger partial charge in [0.25, 0.3) is 0 Å². The first-order valence-corrected chi connectivity index (χ1v) is 19.3. The molecule has 0 fully saturated rings. The number of anilines is 3. The summed E-state index contributed by atoms with van der Waals surface area (Å²) < 4.78 is 6.11. The number of para-hydroxylation sites is 3. The van der Waals surface area contributed by atoms with Crippen LogP contribution in [-0.4, -0.2) is 19.9 Å². The lowest BCUT2D eigenvalue weighted by Gasteiger charge is -2.26. The van der Waals surface area contributed by atoms with Crippen molar-refractivity contribution in [3.63, 3.8) is 0 Å². The lowest BCUT2D eigenvalue weighted by molar-refractivity contribution is 0.620. The number of hydrogen-bond acceptors (Lipinski definition) is 6. The van der Waals surface area contributed by atoms with Gasteiger partial charge >= 0.3 is 0 Å². The molecule has 0 aliphatic heterocycles. The number of hydrogen-bond donors (Lipinski definition) is 0. The van der Waals surface area contributed by atoms with Crippen LogP contribution >= 0.6 is 0 Å². The second-order valence-electron chi connectivity index (χ2n) is 14.3. The van der Waals surface area contributed by atoms with Gasteiger partial charge in [0.15, 0.2) is 5.58 Å². The molecule has 0 aliphatic carbocycles. The van der Waals surface area contributed by atoms with E-state index in [4.69, 9.17) is 24.4 Å². The molecule has 6 nitrogen and oxygen atoms in total. The molecule has 0 bridgehead atoms. The first kappa shape index (κ1) is 33.4. The molecule has 0 amide bonds. The van der Waals surface area contributed by atoms with Crippen molar-refractivity contribution in [2.75, 3.05) is 4.90 Å². The maximum Gasteiger partial charge on any atom is 0.227 e. The fraction of sp³-hybridized carbons (Fsp3) is 0. The number of fused-ring (bicyclic) bond motifs is 4. The fourth-order valence-electron chi connectivity index (χ4n) is 7.77. The number of aromatic nitrogens is 4. The van der Waals surface area contributed by atoms with Gasteiger partial charge in [-0.3, -0.25) is 4.98 Å². The van der Waals surface area contributed by atoms with Gasteiger partial charge < -0.3 is 9.32 Å². The van der Waals surface area contributed by atoms with E-state index in [2.05, 4.69) is 138 Å². The van der Waals surface area contributed by atoms with Gasteiger partial charge in [0.1, 0.15) is 5.52 Å². The van der Waals surface area contributed by atoms with E-state index in [1.807, 2.05) is 66.9 Å². The minimum atomic E-state index is 0.596. The highest BCUT2D eigenvalue weighted by Crippen LogP contribution is 2.39. The standard InChI is InChI=1S/C52H33N5O/c1-2-10-36(11-3-1)51-50-41(12-8-30-53-50)33-48(55-51)35-18-24-42(25-19-35)57(43-26-20-37(21-27-43)52-56-47-14-6-7-15-49(47)58-52)44-28-22-38-31-40(17-16-39(38)32-44)46-29-23-34-9-4-5-13-45(34)54-46/h1-33H. The summed E-state index contributed by atoms with van der Waals surface area (Å²) in [5.74, 6) is 0.596. The molecule has 0 N–H and O–H groups in total. The summed E-state index contributed by atoms with van der Waals surface area (Å²) in [6.07, 6.45) is 1.83. The Morgan fingerprint density at radius 1 is 0.379 bits per heavy atom. The number of benzene rings is 7. The fourth-order valence-corrected chi connectivity index (χ4v) is 7.77. The van der Waals surface area contributed by atoms with E-state index < -0.39 is 0 Å². The highest BCUT2D eigenvalue weighted by molar-refractivity contribution is 5.95. The van der Waals surface area contributed by atoms with Gasteiger partial charge in [-0.15, -0.1) is 0 Å². The largest absolute Gasteiger partial charge is 0.436 e. The van der Waals surface area contributed by atoms with Crippen molar-refractivity contribution in [3.8, 4) is 45.2 Å². The Balaban J connectivity index is 0.988. The Morgan fingerprint density at radius 3 is 1.86 bits per heavy atom. The Morgan fingerprint density at radius 2 is 1.03 bits per heavy atom. The molecule has 0 atom stereocenters. The summed E-state index contributed by atoms with van der Waals surface area (Å²) in [5.41, 5.74) is 13.3. The summed E-state index contributed by atoms with van der Waals surface area (Å²) in [7, 11) is 0. The van der Waals surface area contributed by atoms with Crippen molar-refractivity contribution in [1.82, 2.24) is 19.9 Å². The van der Waals surface area contributed by atoms with Crippen molar-refractivity contribution in [3.05, 3.63) is 200 Å². The zero-order chi connectivity index (χ0) is 38.4. The maximum atomic E-state index is 6.11. The van der Waals surface area contributed by atoms with Crippen molar-refractivity contribution < 1.29 is 4.42 Å². The van der Waals surface area contributed by atoms with Crippen molar-refractivity contribution in [2.24, 2.45) is 0 Å². The van der Waals surface area contributed by atoms with Crippen LogP contribution in [-0.2, 0) is 0 Å². The minimum absolute atomic E-state index is 0.596. The van der Waals surface area contributed by atoms with E-state index in [0.29, 0.717) is 5.89 Å². The molecule has 0 saturated heterocycles. The lowest BCUT2D eigenvalue weighted by atomic mass is 10.0. The Kier molecular flexibility index (Phi) is 8.04. The highest BCUT2D eigenvalue weighted by Gasteiger charge is 2.17. The highest BCUT2D eigenvalue weighted by atomic mass is 16.3. The predicted molar refractivity (Wildman–Crippen MR) is 236 cm³/mol. The van der Waals surface area contributed by atoms with Gasteiger partial charge in [-0.2, -0.15) is 0 Å². The second-order valence-corrected chi connectivity index (χ2v) is 14.3. The van der Waals surface area contributed by atoms with Crippen LogP contribution in [0.15, 0.2) is 205 Å². The Hall–Kier alpha value is -7.96. The normalized spacial score (nSPS) is 11.4. The molecule has 7 aromatic carbocycles. The average molecular weight is 744 g/mol. The number of rotatable bonds is 7. The molecule has 6 heteroatoms. The SMILES string of the molecule is c1ccc(-c2nc(-c3ccc(N(c4ccc(-c5nc6ccccc6o5)cc4)c4ccc5cc(-c6ccc7ccccc7n6)ccc5c4)cc3)cc3cccnc23)cc1. The summed E-state index contributed by atoms with van der Waals surface area (Å²) in [5, 5.41) is 4.46. The van der Waals surface area contributed by atoms with E-state index in [9.17, 15) is 0 Å². The Bertz CT molecular complexity index is 3250. The molecule has 0 unspecified atom stereocenters. The van der Waals surface area contributed by atoms with Crippen LogP contribution in [0.2, 0.25) is 0 Å². The van der Waals surface area contributed by atoms with Crippen LogP contribution < -0.4 is 4.90 Å². The molecule has 272 valence electrons. The molecule has 4 aromatic heterocycles. The molecule has 4 heterocycles. The molecule has 0 radical (unpaired) electrons. The molecule has 58 heavy (non-hydrogen) atoms. The van der Waals surface area contributed by atoms with Crippen LogP contribution in [0.1, 0.15) is 0 Å². The van der Waals surface area contributed by atoms with Gasteiger partial charge in [0.2, 0.25) is 5.89 Å². The van der Waals surface area contributed by atoms with Crippen molar-refractivity contribution in [2.45, 2.75) is 0 Å². The number of nitrogens with zero attached hydrogens (tertiary/aromatic N) is 5. The van der Waals surface area contributed by atoms with E-state index in [1.165, 1.54) is 0 Å².